The molecule has 2 N–H and O–H groups in total. The van der Waals surface area contributed by atoms with Gasteiger partial charge in [-0.1, -0.05) is 0 Å². The lowest BCUT2D eigenvalue weighted by molar-refractivity contribution is -0.137. The second kappa shape index (κ2) is 7.02. The Morgan fingerprint density at radius 2 is 2.00 bits per heavy atom. The largest absolute Gasteiger partial charge is 0.417 e. The molecular weight excluding hydrogens is 363 g/mol. The van der Waals surface area contributed by atoms with Gasteiger partial charge in [0.05, 0.1) is 35.4 Å². The number of rotatable bonds is 5. The molecule has 27 heavy (non-hydrogen) atoms. The van der Waals surface area contributed by atoms with Gasteiger partial charge in [0.2, 0.25) is 6.41 Å². The van der Waals surface area contributed by atoms with E-state index in [2.05, 4.69) is 20.1 Å². The van der Waals surface area contributed by atoms with Crippen LogP contribution in [0.1, 0.15) is 24.4 Å². The van der Waals surface area contributed by atoms with E-state index < -0.39 is 17.8 Å². The lowest BCUT2D eigenvalue weighted by Gasteiger charge is -2.25. The van der Waals surface area contributed by atoms with Gasteiger partial charge in [-0.25, -0.2) is 9.97 Å². The predicted octanol–water partition coefficient (Wildman–Crippen LogP) is 2.38. The summed E-state index contributed by atoms with van der Waals surface area (Å²) in [6.45, 7) is 1.60. The topological polar surface area (TPSA) is 103 Å². The van der Waals surface area contributed by atoms with E-state index in [9.17, 15) is 18.0 Å². The monoisotopic (exact) mass is 377 g/mol. The summed E-state index contributed by atoms with van der Waals surface area (Å²) in [4.78, 5) is 24.5. The van der Waals surface area contributed by atoms with Crippen LogP contribution in [0, 0.1) is 0 Å². The molecule has 0 fully saturated rings. The van der Waals surface area contributed by atoms with E-state index in [1.54, 1.807) is 19.1 Å². The Morgan fingerprint density at radius 1 is 1.22 bits per heavy atom. The third kappa shape index (κ3) is 3.71. The minimum atomic E-state index is -4.57. The highest BCUT2D eigenvalue weighted by molar-refractivity contribution is 5.76. The van der Waals surface area contributed by atoms with Gasteiger partial charge in [-0.15, -0.1) is 0 Å². The number of nitrogens with two attached hydrogens (primary N) is 1. The molecule has 11 heteroatoms. The number of aromatic nitrogens is 5. The molecule has 1 atom stereocenters. The van der Waals surface area contributed by atoms with Gasteiger partial charge in [-0.3, -0.25) is 9.78 Å². The van der Waals surface area contributed by atoms with Gasteiger partial charge in [-0.2, -0.15) is 23.0 Å². The van der Waals surface area contributed by atoms with Crippen molar-refractivity contribution in [2.45, 2.75) is 19.1 Å². The average molecular weight is 377 g/mol. The quantitative estimate of drug-likeness (QED) is 0.685. The van der Waals surface area contributed by atoms with Crippen LogP contribution in [0.5, 0.6) is 0 Å². The number of nitrogen functional groups attached to an aromatic ring is 1. The molecule has 0 aromatic carbocycles. The first-order valence-electron chi connectivity index (χ1n) is 7.69. The SMILES string of the molecule is CC(c1ncnn1-c1ccc(N)cn1)N(C=O)c1cncc(C(F)(F)F)c1. The van der Waals surface area contributed by atoms with Crippen molar-refractivity contribution >= 4 is 17.8 Å². The van der Waals surface area contributed by atoms with Gasteiger partial charge in [0.1, 0.15) is 6.33 Å². The van der Waals surface area contributed by atoms with E-state index in [-0.39, 0.29) is 5.69 Å². The second-order valence-corrected chi connectivity index (χ2v) is 5.60. The lowest BCUT2D eigenvalue weighted by Crippen LogP contribution is -2.28. The summed E-state index contributed by atoms with van der Waals surface area (Å²) in [7, 11) is 0. The standard InChI is InChI=1S/C16H14F3N7O/c1-10(15-23-8-24-26(15)14-3-2-12(20)6-22-14)25(9-27)13-4-11(5-21-7-13)16(17,18)19/h2-10H,20H2,1H3. The molecule has 0 bridgehead atoms. The smallest absolute Gasteiger partial charge is 0.397 e. The molecule has 3 rings (SSSR count). The van der Waals surface area contributed by atoms with Crippen molar-refractivity contribution < 1.29 is 18.0 Å². The number of hydrogen-bond acceptors (Lipinski definition) is 6. The third-order valence-corrected chi connectivity index (χ3v) is 3.82. The van der Waals surface area contributed by atoms with E-state index in [0.29, 0.717) is 29.9 Å². The number of amides is 1. The Kier molecular flexibility index (Phi) is 4.75. The fraction of sp³-hybridized carbons (Fsp3) is 0.188. The molecule has 8 nitrogen and oxygen atoms in total. The Morgan fingerprint density at radius 3 is 2.63 bits per heavy atom. The molecule has 0 radical (unpaired) electrons. The normalized spacial score (nSPS) is 12.6. The van der Waals surface area contributed by atoms with Crippen molar-refractivity contribution in [1.82, 2.24) is 24.7 Å². The van der Waals surface area contributed by atoms with Crippen molar-refractivity contribution in [2.24, 2.45) is 0 Å². The van der Waals surface area contributed by atoms with E-state index in [4.69, 9.17) is 5.73 Å². The molecule has 3 heterocycles. The fourth-order valence-electron chi connectivity index (χ4n) is 2.46. The van der Waals surface area contributed by atoms with Gasteiger partial charge in [0.25, 0.3) is 0 Å². The van der Waals surface area contributed by atoms with E-state index >= 15 is 0 Å². The molecular formula is C16H14F3N7O. The molecule has 3 aromatic rings. The van der Waals surface area contributed by atoms with Crippen LogP contribution in [-0.4, -0.2) is 31.1 Å². The first-order valence-corrected chi connectivity index (χ1v) is 7.69. The Balaban J connectivity index is 1.98. The summed E-state index contributed by atoms with van der Waals surface area (Å²) < 4.78 is 40.2. The second-order valence-electron chi connectivity index (χ2n) is 5.60. The molecule has 0 spiro atoms. The Labute approximate surface area is 151 Å². The van der Waals surface area contributed by atoms with Gasteiger partial charge in [0.15, 0.2) is 11.6 Å². The summed E-state index contributed by atoms with van der Waals surface area (Å²) in [6.07, 6.45) is 0.392. The number of anilines is 2. The first-order chi connectivity index (χ1) is 12.8. The summed E-state index contributed by atoms with van der Waals surface area (Å²) >= 11 is 0. The number of nitrogens with zero attached hydrogens (tertiary/aromatic N) is 6. The van der Waals surface area contributed by atoms with Crippen LogP contribution in [0.3, 0.4) is 0 Å². The van der Waals surface area contributed by atoms with Crippen LogP contribution in [0.25, 0.3) is 5.82 Å². The van der Waals surface area contributed by atoms with Crippen LogP contribution in [0.2, 0.25) is 0 Å². The number of hydrogen-bond donors (Lipinski definition) is 1. The molecule has 0 saturated carbocycles. The van der Waals surface area contributed by atoms with Gasteiger partial charge in [0, 0.05) is 6.20 Å². The molecule has 1 unspecified atom stereocenters. The van der Waals surface area contributed by atoms with Crippen LogP contribution in [0.15, 0.2) is 43.1 Å². The van der Waals surface area contributed by atoms with Crippen LogP contribution in [0.4, 0.5) is 24.5 Å². The molecule has 0 aliphatic carbocycles. The van der Waals surface area contributed by atoms with E-state index in [1.165, 1.54) is 23.4 Å². The fourth-order valence-corrected chi connectivity index (χ4v) is 2.46. The van der Waals surface area contributed by atoms with Crippen molar-refractivity contribution in [3.8, 4) is 5.82 Å². The molecule has 1 amide bonds. The van der Waals surface area contributed by atoms with Gasteiger partial charge < -0.3 is 10.6 Å². The van der Waals surface area contributed by atoms with Crippen molar-refractivity contribution in [1.29, 1.82) is 0 Å². The summed E-state index contributed by atoms with van der Waals surface area (Å²) in [5, 5.41) is 4.07. The van der Waals surface area contributed by atoms with Gasteiger partial charge >= 0.3 is 6.18 Å². The maximum Gasteiger partial charge on any atom is 0.417 e. The highest BCUT2D eigenvalue weighted by Crippen LogP contribution is 2.32. The zero-order valence-electron chi connectivity index (χ0n) is 14.0. The Hall–Kier alpha value is -3.50. The molecule has 0 saturated heterocycles. The number of halogens is 3. The highest BCUT2D eigenvalue weighted by Gasteiger charge is 2.32. The van der Waals surface area contributed by atoms with Crippen molar-refractivity contribution in [3.05, 3.63) is 54.5 Å². The minimum Gasteiger partial charge on any atom is -0.397 e. The first kappa shape index (κ1) is 18.3. The third-order valence-electron chi connectivity index (χ3n) is 3.82. The number of carbonyl (C=O) groups is 1. The average Bonchev–Trinajstić information content (AvgIpc) is 3.12. The summed E-state index contributed by atoms with van der Waals surface area (Å²) in [5.74, 6) is 0.702. The molecule has 0 aliphatic rings. The number of carbonyl (C=O) groups excluding carboxylic acids is 1. The molecule has 3 aromatic heterocycles. The van der Waals surface area contributed by atoms with Gasteiger partial charge in [-0.05, 0) is 25.1 Å². The predicted molar refractivity (Wildman–Crippen MR) is 89.8 cm³/mol. The van der Waals surface area contributed by atoms with Crippen LogP contribution >= 0.6 is 0 Å². The van der Waals surface area contributed by atoms with Crippen LogP contribution in [-0.2, 0) is 11.0 Å². The molecule has 0 aliphatic heterocycles. The van der Waals surface area contributed by atoms with Crippen molar-refractivity contribution in [3.63, 3.8) is 0 Å². The maximum atomic E-state index is 12.9. The number of pyridine rings is 2. The van der Waals surface area contributed by atoms with E-state index in [0.717, 1.165) is 11.0 Å². The van der Waals surface area contributed by atoms with Crippen LogP contribution < -0.4 is 10.6 Å². The minimum absolute atomic E-state index is 0.0212. The summed E-state index contributed by atoms with van der Waals surface area (Å²) in [5.41, 5.74) is 5.09. The zero-order valence-corrected chi connectivity index (χ0v) is 14.0. The molecule has 140 valence electrons. The zero-order chi connectivity index (χ0) is 19.6. The Bertz CT molecular complexity index is 940. The summed E-state index contributed by atoms with van der Waals surface area (Å²) in [6, 6.07) is 3.33. The maximum absolute atomic E-state index is 12.9. The highest BCUT2D eigenvalue weighted by atomic mass is 19.4. The van der Waals surface area contributed by atoms with E-state index in [1.807, 2.05) is 0 Å². The lowest BCUT2D eigenvalue weighted by atomic mass is 10.2. The number of alkyl halides is 3. The van der Waals surface area contributed by atoms with Crippen molar-refractivity contribution in [2.75, 3.05) is 10.6 Å².